The fourth-order valence-electron chi connectivity index (χ4n) is 2.25. The highest BCUT2D eigenvalue weighted by atomic mass is 32.2. The van der Waals surface area contributed by atoms with Crippen molar-refractivity contribution >= 4 is 23.6 Å². The van der Waals surface area contributed by atoms with Gasteiger partial charge in [-0.1, -0.05) is 24.3 Å². The highest BCUT2D eigenvalue weighted by molar-refractivity contribution is 8.00. The SMILES string of the molecule is COCCNC(=O)CN1C(=O)CSC1c1ccccc1C. The van der Waals surface area contributed by atoms with E-state index < -0.39 is 0 Å². The molecule has 2 amide bonds. The van der Waals surface area contributed by atoms with Crippen molar-refractivity contribution in [3.05, 3.63) is 35.4 Å². The van der Waals surface area contributed by atoms with Crippen molar-refractivity contribution in [2.24, 2.45) is 0 Å². The minimum atomic E-state index is -0.151. The maximum absolute atomic E-state index is 12.0. The molecule has 1 aromatic rings. The molecule has 5 nitrogen and oxygen atoms in total. The minimum Gasteiger partial charge on any atom is -0.383 e. The van der Waals surface area contributed by atoms with E-state index in [-0.39, 0.29) is 23.7 Å². The first-order chi connectivity index (χ1) is 10.1. The molecule has 1 aliphatic heterocycles. The molecule has 1 aromatic carbocycles. The summed E-state index contributed by atoms with van der Waals surface area (Å²) in [6.07, 6.45) is 0. The minimum absolute atomic E-state index is 0.00939. The van der Waals surface area contributed by atoms with Crippen LogP contribution < -0.4 is 5.32 Å². The van der Waals surface area contributed by atoms with E-state index in [0.717, 1.165) is 11.1 Å². The van der Waals surface area contributed by atoms with Gasteiger partial charge in [0, 0.05) is 13.7 Å². The predicted molar refractivity (Wildman–Crippen MR) is 83.0 cm³/mol. The van der Waals surface area contributed by atoms with E-state index in [1.165, 1.54) is 0 Å². The molecular formula is C15H20N2O3S. The van der Waals surface area contributed by atoms with E-state index in [0.29, 0.717) is 18.9 Å². The molecular weight excluding hydrogens is 288 g/mol. The monoisotopic (exact) mass is 308 g/mol. The number of amides is 2. The molecule has 2 rings (SSSR count). The number of ether oxygens (including phenoxy) is 1. The molecule has 1 N–H and O–H groups in total. The quantitative estimate of drug-likeness (QED) is 0.806. The van der Waals surface area contributed by atoms with Gasteiger partial charge in [-0.15, -0.1) is 11.8 Å². The molecule has 0 radical (unpaired) electrons. The second-order valence-corrected chi connectivity index (χ2v) is 5.95. The largest absolute Gasteiger partial charge is 0.383 e. The summed E-state index contributed by atoms with van der Waals surface area (Å²) >= 11 is 1.57. The molecule has 0 bridgehead atoms. The maximum atomic E-state index is 12.0. The van der Waals surface area contributed by atoms with Crippen LogP contribution in [0.1, 0.15) is 16.5 Å². The first-order valence-corrected chi connectivity index (χ1v) is 7.90. The zero-order valence-electron chi connectivity index (χ0n) is 12.3. The van der Waals surface area contributed by atoms with Crippen LogP contribution in [0.3, 0.4) is 0 Å². The van der Waals surface area contributed by atoms with E-state index in [4.69, 9.17) is 4.74 Å². The van der Waals surface area contributed by atoms with Gasteiger partial charge in [-0.05, 0) is 18.1 Å². The van der Waals surface area contributed by atoms with Crippen molar-refractivity contribution in [3.8, 4) is 0 Å². The number of carbonyl (C=O) groups excluding carboxylic acids is 2. The Bertz CT molecular complexity index is 521. The van der Waals surface area contributed by atoms with Gasteiger partial charge in [0.2, 0.25) is 11.8 Å². The van der Waals surface area contributed by atoms with E-state index in [9.17, 15) is 9.59 Å². The lowest BCUT2D eigenvalue weighted by atomic mass is 10.1. The van der Waals surface area contributed by atoms with Gasteiger partial charge in [-0.2, -0.15) is 0 Å². The Balaban J connectivity index is 2.04. The number of hydrogen-bond donors (Lipinski definition) is 1. The fraction of sp³-hybridized carbons (Fsp3) is 0.467. The second-order valence-electron chi connectivity index (χ2n) is 4.88. The lowest BCUT2D eigenvalue weighted by molar-refractivity contribution is -0.133. The molecule has 1 unspecified atom stereocenters. The number of rotatable bonds is 6. The number of nitrogens with zero attached hydrogens (tertiary/aromatic N) is 1. The molecule has 114 valence electrons. The topological polar surface area (TPSA) is 58.6 Å². The molecule has 6 heteroatoms. The standard InChI is InChI=1S/C15H20N2O3S/c1-11-5-3-4-6-12(11)15-17(14(19)10-21-15)9-13(18)16-7-8-20-2/h3-6,15H,7-10H2,1-2H3,(H,16,18). The van der Waals surface area contributed by atoms with E-state index in [1.807, 2.05) is 31.2 Å². The number of thioether (sulfide) groups is 1. The number of benzene rings is 1. The van der Waals surface area contributed by atoms with Gasteiger partial charge >= 0.3 is 0 Å². The van der Waals surface area contributed by atoms with Crippen molar-refractivity contribution in [2.75, 3.05) is 32.6 Å². The van der Waals surface area contributed by atoms with Crippen molar-refractivity contribution in [3.63, 3.8) is 0 Å². The Kier molecular flexibility index (Phi) is 5.64. The molecule has 1 saturated heterocycles. The highest BCUT2D eigenvalue weighted by Crippen LogP contribution is 2.39. The lowest BCUT2D eigenvalue weighted by Gasteiger charge is -2.24. The Morgan fingerprint density at radius 1 is 1.48 bits per heavy atom. The maximum Gasteiger partial charge on any atom is 0.239 e. The van der Waals surface area contributed by atoms with Crippen LogP contribution >= 0.6 is 11.8 Å². The fourth-order valence-corrected chi connectivity index (χ4v) is 3.53. The van der Waals surface area contributed by atoms with Gasteiger partial charge in [-0.3, -0.25) is 9.59 Å². The molecule has 1 aliphatic rings. The predicted octanol–water partition coefficient (Wildman–Crippen LogP) is 1.33. The second kappa shape index (κ2) is 7.47. The zero-order valence-corrected chi connectivity index (χ0v) is 13.1. The highest BCUT2D eigenvalue weighted by Gasteiger charge is 2.34. The summed E-state index contributed by atoms with van der Waals surface area (Å²) in [5.74, 6) is 0.279. The Labute approximate surface area is 129 Å². The van der Waals surface area contributed by atoms with Crippen LogP contribution in [0.5, 0.6) is 0 Å². The van der Waals surface area contributed by atoms with Gasteiger partial charge < -0.3 is 15.0 Å². The Hall–Kier alpha value is -1.53. The average Bonchev–Trinajstić information content (AvgIpc) is 2.81. The molecule has 1 heterocycles. The number of nitrogens with one attached hydrogen (secondary N) is 1. The van der Waals surface area contributed by atoms with Gasteiger partial charge in [0.15, 0.2) is 0 Å². The summed E-state index contributed by atoms with van der Waals surface area (Å²) in [6, 6.07) is 7.97. The van der Waals surface area contributed by atoms with E-state index >= 15 is 0 Å². The molecule has 0 spiro atoms. The third-order valence-electron chi connectivity index (χ3n) is 3.36. The number of carbonyl (C=O) groups is 2. The smallest absolute Gasteiger partial charge is 0.239 e. The van der Waals surface area contributed by atoms with Crippen LogP contribution in [0, 0.1) is 6.92 Å². The van der Waals surface area contributed by atoms with Crippen molar-refractivity contribution in [2.45, 2.75) is 12.3 Å². The van der Waals surface area contributed by atoms with E-state index in [1.54, 1.807) is 23.8 Å². The zero-order chi connectivity index (χ0) is 15.2. The van der Waals surface area contributed by atoms with Crippen molar-refractivity contribution in [1.29, 1.82) is 0 Å². The summed E-state index contributed by atoms with van der Waals surface area (Å²) in [5, 5.41) is 2.67. The molecule has 1 fully saturated rings. The Morgan fingerprint density at radius 3 is 2.95 bits per heavy atom. The van der Waals surface area contributed by atoms with Crippen molar-refractivity contribution < 1.29 is 14.3 Å². The lowest BCUT2D eigenvalue weighted by Crippen LogP contribution is -2.40. The summed E-state index contributed by atoms with van der Waals surface area (Å²) < 4.78 is 4.89. The third kappa shape index (κ3) is 3.98. The van der Waals surface area contributed by atoms with Crippen LogP contribution in [0.2, 0.25) is 0 Å². The Morgan fingerprint density at radius 2 is 2.24 bits per heavy atom. The number of hydrogen-bond acceptors (Lipinski definition) is 4. The first-order valence-electron chi connectivity index (χ1n) is 6.85. The van der Waals surface area contributed by atoms with E-state index in [2.05, 4.69) is 5.32 Å². The van der Waals surface area contributed by atoms with Crippen LogP contribution in [-0.2, 0) is 14.3 Å². The summed E-state index contributed by atoms with van der Waals surface area (Å²) in [5.41, 5.74) is 2.23. The van der Waals surface area contributed by atoms with Gasteiger partial charge in [-0.25, -0.2) is 0 Å². The molecule has 0 aromatic heterocycles. The average molecular weight is 308 g/mol. The molecule has 21 heavy (non-hydrogen) atoms. The number of aryl methyl sites for hydroxylation is 1. The molecule has 0 saturated carbocycles. The van der Waals surface area contributed by atoms with Crippen LogP contribution in [0.4, 0.5) is 0 Å². The third-order valence-corrected chi connectivity index (χ3v) is 4.60. The van der Waals surface area contributed by atoms with Crippen LogP contribution in [0.25, 0.3) is 0 Å². The summed E-state index contributed by atoms with van der Waals surface area (Å²) in [4.78, 5) is 25.6. The first kappa shape index (κ1) is 15.9. The molecule has 0 aliphatic carbocycles. The van der Waals surface area contributed by atoms with Gasteiger partial charge in [0.25, 0.3) is 0 Å². The van der Waals surface area contributed by atoms with Gasteiger partial charge in [0.1, 0.15) is 11.9 Å². The van der Waals surface area contributed by atoms with Crippen LogP contribution in [-0.4, -0.2) is 49.3 Å². The normalized spacial score (nSPS) is 18.1. The number of methoxy groups -OCH3 is 1. The van der Waals surface area contributed by atoms with Crippen molar-refractivity contribution in [1.82, 2.24) is 10.2 Å². The van der Waals surface area contributed by atoms with Gasteiger partial charge in [0.05, 0.1) is 12.4 Å². The molecule has 1 atom stereocenters. The van der Waals surface area contributed by atoms with Crippen LogP contribution in [0.15, 0.2) is 24.3 Å². The summed E-state index contributed by atoms with van der Waals surface area (Å²) in [6.45, 7) is 3.04. The summed E-state index contributed by atoms with van der Waals surface area (Å²) in [7, 11) is 1.58.